The number of alkyl halides is 3. The summed E-state index contributed by atoms with van der Waals surface area (Å²) in [6.07, 6.45) is -1.70. The molecule has 3 unspecified atom stereocenters. The average molecular weight is 236 g/mol. The van der Waals surface area contributed by atoms with E-state index in [4.69, 9.17) is 0 Å². The second-order valence-corrected chi connectivity index (χ2v) is 5.24. The first kappa shape index (κ1) is 13.9. The molecule has 16 heavy (non-hydrogen) atoms. The Hall–Kier alpha value is -0.210. The van der Waals surface area contributed by atoms with Crippen molar-refractivity contribution in [3.63, 3.8) is 0 Å². The Morgan fingerprint density at radius 2 is 1.50 bits per heavy atom. The molecule has 0 aromatic rings. The Morgan fingerprint density at radius 1 is 1.06 bits per heavy atom. The van der Waals surface area contributed by atoms with Gasteiger partial charge in [-0.1, -0.05) is 34.6 Å². The summed E-state index contributed by atoms with van der Waals surface area (Å²) in [6, 6.07) is 0. The van der Waals surface area contributed by atoms with Crippen molar-refractivity contribution in [2.45, 2.75) is 60.1 Å². The van der Waals surface area contributed by atoms with E-state index in [9.17, 15) is 13.2 Å². The first-order valence-electron chi connectivity index (χ1n) is 6.31. The fourth-order valence-corrected chi connectivity index (χ4v) is 4.51. The average Bonchev–Trinajstić information content (AvgIpc) is 2.76. The minimum absolute atomic E-state index is 0.0866. The minimum Gasteiger partial charge on any atom is -0.171 e. The Kier molecular flexibility index (Phi) is 3.39. The van der Waals surface area contributed by atoms with Crippen LogP contribution in [0.3, 0.4) is 0 Å². The van der Waals surface area contributed by atoms with E-state index in [2.05, 4.69) is 0 Å². The number of hydrogen-bond donors (Lipinski definition) is 0. The van der Waals surface area contributed by atoms with Crippen molar-refractivity contribution in [3.05, 3.63) is 0 Å². The van der Waals surface area contributed by atoms with Crippen molar-refractivity contribution in [1.82, 2.24) is 0 Å². The number of rotatable bonds is 4. The normalized spacial score (nSPS) is 34.9. The molecule has 0 spiro atoms. The van der Waals surface area contributed by atoms with E-state index >= 15 is 0 Å². The summed E-state index contributed by atoms with van der Waals surface area (Å²) in [5.41, 5.74) is -0.606. The smallest absolute Gasteiger partial charge is 0.171 e. The van der Waals surface area contributed by atoms with Crippen LogP contribution in [-0.2, 0) is 0 Å². The van der Waals surface area contributed by atoms with Gasteiger partial charge in [0.25, 0.3) is 0 Å². The lowest BCUT2D eigenvalue weighted by molar-refractivity contribution is -0.194. The lowest BCUT2D eigenvalue weighted by Crippen LogP contribution is -2.33. The molecule has 0 aromatic carbocycles. The van der Waals surface area contributed by atoms with Gasteiger partial charge in [-0.05, 0) is 36.0 Å². The third kappa shape index (κ3) is 1.42. The minimum atomic E-state index is -4.06. The first-order chi connectivity index (χ1) is 7.24. The van der Waals surface area contributed by atoms with Gasteiger partial charge < -0.3 is 0 Å². The molecule has 96 valence electrons. The monoisotopic (exact) mass is 236 g/mol. The van der Waals surface area contributed by atoms with Crippen molar-refractivity contribution in [3.8, 4) is 0 Å². The van der Waals surface area contributed by atoms with Crippen molar-refractivity contribution >= 4 is 0 Å². The van der Waals surface area contributed by atoms with Gasteiger partial charge in [0.1, 0.15) is 0 Å². The summed E-state index contributed by atoms with van der Waals surface area (Å²) in [7, 11) is 0. The standard InChI is InChI=1S/C13H23F3/c1-6-11(7-2)9(4)12(11,8-3)10(5)13(14,15)16/h9-10H,6-8H2,1-5H3. The molecule has 0 amide bonds. The van der Waals surface area contributed by atoms with Gasteiger partial charge >= 0.3 is 6.18 Å². The summed E-state index contributed by atoms with van der Waals surface area (Å²) in [5.74, 6) is -0.989. The maximum Gasteiger partial charge on any atom is 0.392 e. The van der Waals surface area contributed by atoms with E-state index in [0.29, 0.717) is 6.42 Å². The Bertz CT molecular complexity index is 252. The molecule has 1 saturated carbocycles. The molecule has 1 fully saturated rings. The van der Waals surface area contributed by atoms with Crippen LogP contribution < -0.4 is 0 Å². The van der Waals surface area contributed by atoms with E-state index < -0.39 is 17.5 Å². The molecule has 0 bridgehead atoms. The lowest BCUT2D eigenvalue weighted by atomic mass is 9.77. The fraction of sp³-hybridized carbons (Fsp3) is 1.00. The summed E-state index contributed by atoms with van der Waals surface area (Å²) in [6.45, 7) is 9.33. The van der Waals surface area contributed by atoms with Gasteiger partial charge in [0.15, 0.2) is 0 Å². The predicted octanol–water partition coefficient (Wildman–Crippen LogP) is 5.04. The maximum atomic E-state index is 13.0. The Balaban J connectivity index is 3.08. The Labute approximate surface area is 96.6 Å². The highest BCUT2D eigenvalue weighted by atomic mass is 19.4. The fourth-order valence-electron chi connectivity index (χ4n) is 4.51. The first-order valence-corrected chi connectivity index (χ1v) is 6.31. The van der Waals surface area contributed by atoms with Gasteiger partial charge in [-0.2, -0.15) is 13.2 Å². The Morgan fingerprint density at radius 3 is 1.69 bits per heavy atom. The molecule has 0 aromatic heterocycles. The summed E-state index contributed by atoms with van der Waals surface area (Å²) >= 11 is 0. The van der Waals surface area contributed by atoms with Gasteiger partial charge in [0, 0.05) is 0 Å². The van der Waals surface area contributed by atoms with Crippen molar-refractivity contribution in [2.75, 3.05) is 0 Å². The van der Waals surface area contributed by atoms with E-state index in [1.807, 2.05) is 27.7 Å². The highest BCUT2D eigenvalue weighted by Gasteiger charge is 2.75. The quantitative estimate of drug-likeness (QED) is 0.641. The molecule has 0 aliphatic heterocycles. The molecule has 0 saturated heterocycles. The predicted molar refractivity (Wildman–Crippen MR) is 60.1 cm³/mol. The molecule has 1 aliphatic carbocycles. The third-order valence-electron chi connectivity index (χ3n) is 5.56. The van der Waals surface area contributed by atoms with Crippen molar-refractivity contribution in [1.29, 1.82) is 0 Å². The molecule has 0 N–H and O–H groups in total. The van der Waals surface area contributed by atoms with E-state index in [0.717, 1.165) is 12.8 Å². The van der Waals surface area contributed by atoms with E-state index in [-0.39, 0.29) is 11.3 Å². The zero-order valence-electron chi connectivity index (χ0n) is 10.9. The van der Waals surface area contributed by atoms with Crippen LogP contribution in [0.15, 0.2) is 0 Å². The molecule has 1 rings (SSSR count). The molecular formula is C13H23F3. The third-order valence-corrected chi connectivity index (χ3v) is 5.56. The van der Waals surface area contributed by atoms with Crippen molar-refractivity contribution < 1.29 is 13.2 Å². The van der Waals surface area contributed by atoms with Gasteiger partial charge in [-0.3, -0.25) is 0 Å². The molecule has 3 heteroatoms. The molecule has 1 aliphatic rings. The van der Waals surface area contributed by atoms with Gasteiger partial charge in [0.2, 0.25) is 0 Å². The van der Waals surface area contributed by atoms with E-state index in [1.165, 1.54) is 6.92 Å². The second kappa shape index (κ2) is 3.92. The van der Waals surface area contributed by atoms with Gasteiger partial charge in [0.05, 0.1) is 5.92 Å². The van der Waals surface area contributed by atoms with Crippen LogP contribution in [-0.4, -0.2) is 6.18 Å². The maximum absolute atomic E-state index is 13.0. The SMILES string of the molecule is CCC1(CC)C(C)C1(CC)C(C)C(F)(F)F. The second-order valence-electron chi connectivity index (χ2n) is 5.24. The number of hydrogen-bond acceptors (Lipinski definition) is 0. The highest BCUT2D eigenvalue weighted by molar-refractivity contribution is 5.20. The molecule has 3 atom stereocenters. The van der Waals surface area contributed by atoms with Crippen LogP contribution in [0.2, 0.25) is 0 Å². The topological polar surface area (TPSA) is 0 Å². The molecule has 0 heterocycles. The highest BCUT2D eigenvalue weighted by Crippen LogP contribution is 2.78. The molecule has 0 nitrogen and oxygen atoms in total. The van der Waals surface area contributed by atoms with Crippen LogP contribution in [0.1, 0.15) is 53.9 Å². The largest absolute Gasteiger partial charge is 0.392 e. The van der Waals surface area contributed by atoms with E-state index in [1.54, 1.807) is 0 Å². The van der Waals surface area contributed by atoms with Crippen LogP contribution >= 0.6 is 0 Å². The van der Waals surface area contributed by atoms with Crippen LogP contribution in [0.5, 0.6) is 0 Å². The zero-order valence-corrected chi connectivity index (χ0v) is 10.9. The molecule has 0 radical (unpaired) electrons. The van der Waals surface area contributed by atoms with Gasteiger partial charge in [-0.25, -0.2) is 0 Å². The van der Waals surface area contributed by atoms with Crippen LogP contribution in [0.4, 0.5) is 13.2 Å². The zero-order chi connectivity index (χ0) is 12.8. The summed E-state index contributed by atoms with van der Waals surface area (Å²) in [5, 5.41) is 0. The van der Waals surface area contributed by atoms with Gasteiger partial charge in [-0.15, -0.1) is 0 Å². The summed E-state index contributed by atoms with van der Waals surface area (Å²) < 4.78 is 38.9. The number of halogens is 3. The van der Waals surface area contributed by atoms with Crippen molar-refractivity contribution in [2.24, 2.45) is 22.7 Å². The van der Waals surface area contributed by atoms with Crippen LogP contribution in [0.25, 0.3) is 0 Å². The lowest BCUT2D eigenvalue weighted by Gasteiger charge is -2.30. The molecular weight excluding hydrogens is 213 g/mol. The van der Waals surface area contributed by atoms with Crippen LogP contribution in [0, 0.1) is 22.7 Å². The summed E-state index contributed by atoms with van der Waals surface area (Å²) in [4.78, 5) is 0.